The quantitative estimate of drug-likeness (QED) is 0.592. The fraction of sp³-hybridized carbons (Fsp3) is 0.700. The Hall–Kier alpha value is -1.17. The van der Waals surface area contributed by atoms with E-state index in [2.05, 4.69) is 11.2 Å². The Morgan fingerprint density at radius 2 is 2.46 bits per heavy atom. The lowest BCUT2D eigenvalue weighted by atomic mass is 10.1. The first-order chi connectivity index (χ1) is 6.31. The first-order valence-electron chi connectivity index (χ1n) is 4.79. The topological polar surface area (TPSA) is 32.3 Å². The van der Waals surface area contributed by atoms with Gasteiger partial charge in [0, 0.05) is 12.6 Å². The minimum atomic E-state index is 0.0187. The molecule has 0 aromatic heterocycles. The maximum atomic E-state index is 11.5. The van der Waals surface area contributed by atoms with Gasteiger partial charge < -0.3 is 10.2 Å². The van der Waals surface area contributed by atoms with Gasteiger partial charge in [-0.15, -0.1) is 6.42 Å². The van der Waals surface area contributed by atoms with Crippen molar-refractivity contribution in [3.05, 3.63) is 0 Å². The second kappa shape index (κ2) is 3.29. The first-order valence-corrected chi connectivity index (χ1v) is 4.79. The summed E-state index contributed by atoms with van der Waals surface area (Å²) in [4.78, 5) is 13.4. The Morgan fingerprint density at radius 1 is 1.62 bits per heavy atom. The molecule has 2 amide bonds. The number of nitrogens with one attached hydrogen (secondary N) is 1. The molecule has 1 saturated carbocycles. The molecule has 2 fully saturated rings. The molecular weight excluding hydrogens is 164 g/mol. The minimum absolute atomic E-state index is 0.0187. The van der Waals surface area contributed by atoms with Crippen LogP contribution in [0.25, 0.3) is 0 Å². The molecule has 2 rings (SSSR count). The highest BCUT2D eigenvalue weighted by Crippen LogP contribution is 2.37. The van der Waals surface area contributed by atoms with E-state index < -0.39 is 0 Å². The summed E-state index contributed by atoms with van der Waals surface area (Å²) in [7, 11) is 0. The normalized spacial score (nSPS) is 30.2. The van der Waals surface area contributed by atoms with Crippen LogP contribution in [0.3, 0.4) is 0 Å². The van der Waals surface area contributed by atoms with E-state index in [-0.39, 0.29) is 6.03 Å². The van der Waals surface area contributed by atoms with Crippen LogP contribution in [0.15, 0.2) is 0 Å². The molecule has 1 N–H and O–H groups in total. The van der Waals surface area contributed by atoms with Crippen LogP contribution in [0, 0.1) is 18.3 Å². The average Bonchev–Trinajstić information content (AvgIpc) is 2.74. The number of amides is 2. The summed E-state index contributed by atoms with van der Waals surface area (Å²) in [5.74, 6) is 3.16. The Kier molecular flexibility index (Phi) is 2.13. The van der Waals surface area contributed by atoms with Crippen LogP contribution in [-0.2, 0) is 0 Å². The van der Waals surface area contributed by atoms with Crippen molar-refractivity contribution in [2.45, 2.75) is 25.3 Å². The van der Waals surface area contributed by atoms with E-state index in [4.69, 9.17) is 6.42 Å². The van der Waals surface area contributed by atoms with Crippen molar-refractivity contribution in [2.24, 2.45) is 5.92 Å². The highest BCUT2D eigenvalue weighted by Gasteiger charge is 2.39. The number of nitrogens with zero attached hydrogens (tertiary/aromatic N) is 1. The molecule has 1 aliphatic carbocycles. The van der Waals surface area contributed by atoms with Gasteiger partial charge in [0.05, 0.1) is 6.54 Å². The van der Waals surface area contributed by atoms with Crippen molar-refractivity contribution in [2.75, 3.05) is 13.1 Å². The third kappa shape index (κ3) is 1.49. The second-order valence-electron chi connectivity index (χ2n) is 3.85. The molecule has 1 saturated heterocycles. The van der Waals surface area contributed by atoms with Crippen molar-refractivity contribution in [3.8, 4) is 12.3 Å². The van der Waals surface area contributed by atoms with Gasteiger partial charge in [-0.25, -0.2) is 4.79 Å². The molecule has 1 heterocycles. The largest absolute Gasteiger partial charge is 0.327 e. The van der Waals surface area contributed by atoms with Crippen LogP contribution in [0.4, 0.5) is 4.79 Å². The van der Waals surface area contributed by atoms with E-state index in [9.17, 15) is 4.79 Å². The zero-order valence-electron chi connectivity index (χ0n) is 7.62. The van der Waals surface area contributed by atoms with Crippen LogP contribution in [0.5, 0.6) is 0 Å². The van der Waals surface area contributed by atoms with Gasteiger partial charge in [-0.3, -0.25) is 0 Å². The van der Waals surface area contributed by atoms with Crippen molar-refractivity contribution in [3.63, 3.8) is 0 Å². The van der Waals surface area contributed by atoms with E-state index in [0.29, 0.717) is 12.6 Å². The van der Waals surface area contributed by atoms with Crippen LogP contribution in [0.2, 0.25) is 0 Å². The van der Waals surface area contributed by atoms with Gasteiger partial charge >= 0.3 is 6.03 Å². The number of likely N-dealkylation sites (tertiary alicyclic amines) is 1. The maximum absolute atomic E-state index is 11.5. The number of fused-ring (bicyclic) bond motifs is 2. The first kappa shape index (κ1) is 8.43. The van der Waals surface area contributed by atoms with Crippen LogP contribution in [0.1, 0.15) is 19.3 Å². The molecule has 2 aliphatic rings. The molecule has 2 bridgehead atoms. The standard InChI is InChI=1S/C10H14N2O/c1-2-5-11-10(13)12-7-8-3-4-9(12)6-8/h1,8-9H,3-7H2,(H,11,13). The number of carbonyl (C=O) groups is 1. The number of piperidine rings is 1. The molecule has 70 valence electrons. The van der Waals surface area contributed by atoms with Gasteiger partial charge in [0.15, 0.2) is 0 Å². The summed E-state index contributed by atoms with van der Waals surface area (Å²) in [6.07, 6.45) is 8.74. The number of urea groups is 1. The van der Waals surface area contributed by atoms with E-state index in [0.717, 1.165) is 12.5 Å². The summed E-state index contributed by atoms with van der Waals surface area (Å²) in [6, 6.07) is 0.507. The van der Waals surface area contributed by atoms with Crippen LogP contribution < -0.4 is 5.32 Å². The minimum Gasteiger partial charge on any atom is -0.327 e. The lowest BCUT2D eigenvalue weighted by Gasteiger charge is -2.26. The smallest absolute Gasteiger partial charge is 0.318 e. The molecule has 0 radical (unpaired) electrons. The summed E-state index contributed by atoms with van der Waals surface area (Å²) < 4.78 is 0. The van der Waals surface area contributed by atoms with E-state index in [1.165, 1.54) is 19.3 Å². The molecule has 0 aromatic carbocycles. The summed E-state index contributed by atoms with van der Waals surface area (Å²) in [5.41, 5.74) is 0. The van der Waals surface area contributed by atoms with E-state index in [1.54, 1.807) is 0 Å². The number of rotatable bonds is 1. The Morgan fingerprint density at radius 3 is 3.00 bits per heavy atom. The molecule has 3 heteroatoms. The highest BCUT2D eigenvalue weighted by atomic mass is 16.2. The molecular formula is C10H14N2O. The highest BCUT2D eigenvalue weighted by molar-refractivity contribution is 5.75. The van der Waals surface area contributed by atoms with Gasteiger partial charge in [0.25, 0.3) is 0 Å². The van der Waals surface area contributed by atoms with Crippen molar-refractivity contribution in [1.29, 1.82) is 0 Å². The lowest BCUT2D eigenvalue weighted by Crippen LogP contribution is -2.44. The van der Waals surface area contributed by atoms with Crippen molar-refractivity contribution in [1.82, 2.24) is 10.2 Å². The molecule has 2 unspecified atom stereocenters. The van der Waals surface area contributed by atoms with Crippen LogP contribution >= 0.6 is 0 Å². The van der Waals surface area contributed by atoms with Crippen LogP contribution in [-0.4, -0.2) is 30.1 Å². The van der Waals surface area contributed by atoms with Gasteiger partial charge in [-0.2, -0.15) is 0 Å². The third-order valence-electron chi connectivity index (χ3n) is 3.01. The van der Waals surface area contributed by atoms with Crippen molar-refractivity contribution < 1.29 is 4.79 Å². The molecule has 0 aromatic rings. The predicted molar refractivity (Wildman–Crippen MR) is 50.1 cm³/mol. The molecule has 3 nitrogen and oxygen atoms in total. The Bertz CT molecular complexity index is 256. The molecule has 1 aliphatic heterocycles. The molecule has 0 spiro atoms. The summed E-state index contributed by atoms with van der Waals surface area (Å²) in [6.45, 7) is 1.27. The number of hydrogen-bond donors (Lipinski definition) is 1. The maximum Gasteiger partial charge on any atom is 0.318 e. The fourth-order valence-electron chi connectivity index (χ4n) is 2.40. The number of carbonyl (C=O) groups excluding carboxylic acids is 1. The second-order valence-corrected chi connectivity index (χ2v) is 3.85. The average molecular weight is 178 g/mol. The zero-order valence-corrected chi connectivity index (χ0v) is 7.62. The Labute approximate surface area is 78.5 Å². The number of hydrogen-bond acceptors (Lipinski definition) is 1. The molecule has 13 heavy (non-hydrogen) atoms. The summed E-state index contributed by atoms with van der Waals surface area (Å²) >= 11 is 0. The fourth-order valence-corrected chi connectivity index (χ4v) is 2.40. The van der Waals surface area contributed by atoms with E-state index >= 15 is 0 Å². The summed E-state index contributed by atoms with van der Waals surface area (Å²) in [5, 5.41) is 2.71. The number of terminal acetylenes is 1. The monoisotopic (exact) mass is 178 g/mol. The van der Waals surface area contributed by atoms with Gasteiger partial charge in [0.1, 0.15) is 0 Å². The third-order valence-corrected chi connectivity index (χ3v) is 3.01. The van der Waals surface area contributed by atoms with Gasteiger partial charge in [0.2, 0.25) is 0 Å². The van der Waals surface area contributed by atoms with Gasteiger partial charge in [-0.1, -0.05) is 5.92 Å². The van der Waals surface area contributed by atoms with E-state index in [1.807, 2.05) is 4.90 Å². The molecule has 2 atom stereocenters. The lowest BCUT2D eigenvalue weighted by molar-refractivity contribution is 0.182. The SMILES string of the molecule is C#CCNC(=O)N1CC2CCC1C2. The van der Waals surface area contributed by atoms with Gasteiger partial charge in [-0.05, 0) is 25.2 Å². The predicted octanol–water partition coefficient (Wildman–Crippen LogP) is 0.814. The van der Waals surface area contributed by atoms with Crippen molar-refractivity contribution >= 4 is 6.03 Å². The zero-order chi connectivity index (χ0) is 9.26. The Balaban J connectivity index is 1.88.